The highest BCUT2D eigenvalue weighted by molar-refractivity contribution is 6.35. The summed E-state index contributed by atoms with van der Waals surface area (Å²) < 4.78 is 5.54. The molecule has 0 atom stereocenters. The van der Waals surface area contributed by atoms with E-state index in [-0.39, 0.29) is 5.41 Å². The van der Waals surface area contributed by atoms with Crippen molar-refractivity contribution in [3.05, 3.63) is 87.7 Å². The average molecular weight is 470 g/mol. The smallest absolute Gasteiger partial charge is 0.410 e. The molecule has 0 fully saturated rings. The van der Waals surface area contributed by atoms with Crippen LogP contribution < -0.4 is 15.0 Å². The SMILES string of the molecule is CC1(C)CN(Cc2ccncc2)c2ccc(OC(=O)NCCc3ccc(Cl)cc3Cl)cc21. The Morgan fingerprint density at radius 2 is 1.91 bits per heavy atom. The van der Waals surface area contributed by atoms with E-state index in [4.69, 9.17) is 27.9 Å². The highest BCUT2D eigenvalue weighted by Crippen LogP contribution is 2.42. The highest BCUT2D eigenvalue weighted by atomic mass is 35.5. The molecule has 0 saturated heterocycles. The van der Waals surface area contributed by atoms with E-state index in [2.05, 4.69) is 29.0 Å². The van der Waals surface area contributed by atoms with E-state index in [0.717, 1.165) is 24.3 Å². The van der Waals surface area contributed by atoms with Gasteiger partial charge in [0.2, 0.25) is 0 Å². The van der Waals surface area contributed by atoms with Gasteiger partial charge in [0.1, 0.15) is 5.75 Å². The molecule has 32 heavy (non-hydrogen) atoms. The molecule has 1 aromatic heterocycles. The summed E-state index contributed by atoms with van der Waals surface area (Å²) in [5, 5.41) is 3.96. The third-order valence-electron chi connectivity index (χ3n) is 5.64. The van der Waals surface area contributed by atoms with Crippen molar-refractivity contribution in [3.63, 3.8) is 0 Å². The second kappa shape index (κ2) is 9.39. The van der Waals surface area contributed by atoms with Crippen LogP contribution in [0.4, 0.5) is 10.5 Å². The molecule has 1 aliphatic heterocycles. The molecule has 5 nitrogen and oxygen atoms in total. The molecule has 3 aromatic rings. The lowest BCUT2D eigenvalue weighted by Gasteiger charge is -2.22. The number of hydrogen-bond donors (Lipinski definition) is 1. The molecule has 1 aliphatic rings. The molecule has 2 heterocycles. The Kier molecular flexibility index (Phi) is 6.58. The lowest BCUT2D eigenvalue weighted by molar-refractivity contribution is 0.200. The standard InChI is InChI=1S/C25H25Cl2N3O2/c1-25(2)16-30(15-17-7-10-28-11-8-17)23-6-5-20(14-21(23)25)32-24(31)29-12-9-18-3-4-19(26)13-22(18)27/h3-8,10-11,13-14H,9,12,15-16H2,1-2H3,(H,29,31). The summed E-state index contributed by atoms with van der Waals surface area (Å²) in [5.41, 5.74) is 4.42. The largest absolute Gasteiger partial charge is 0.412 e. The zero-order chi connectivity index (χ0) is 22.7. The van der Waals surface area contributed by atoms with Gasteiger partial charge in [0, 0.05) is 53.2 Å². The number of nitrogens with one attached hydrogen (secondary N) is 1. The molecule has 0 bridgehead atoms. The summed E-state index contributed by atoms with van der Waals surface area (Å²) in [6.07, 6.45) is 3.73. The molecular weight excluding hydrogens is 445 g/mol. The number of halogens is 2. The first-order valence-electron chi connectivity index (χ1n) is 10.5. The average Bonchev–Trinajstić information content (AvgIpc) is 3.00. The second-order valence-corrected chi connectivity index (χ2v) is 9.42. The predicted molar refractivity (Wildman–Crippen MR) is 129 cm³/mol. The molecule has 0 spiro atoms. The molecule has 1 N–H and O–H groups in total. The molecule has 0 unspecified atom stereocenters. The number of hydrogen-bond acceptors (Lipinski definition) is 4. The van der Waals surface area contributed by atoms with Crippen molar-refractivity contribution in [1.29, 1.82) is 0 Å². The first-order valence-corrected chi connectivity index (χ1v) is 11.3. The maximum Gasteiger partial charge on any atom is 0.412 e. The van der Waals surface area contributed by atoms with Crippen LogP contribution in [0.15, 0.2) is 60.9 Å². The number of carbonyl (C=O) groups excluding carboxylic acids is 1. The van der Waals surface area contributed by atoms with Crippen LogP contribution in [0.5, 0.6) is 5.75 Å². The maximum atomic E-state index is 12.3. The van der Waals surface area contributed by atoms with E-state index in [9.17, 15) is 4.79 Å². The van der Waals surface area contributed by atoms with Crippen LogP contribution in [0, 0.1) is 0 Å². The lowest BCUT2D eigenvalue weighted by atomic mass is 9.87. The number of ether oxygens (including phenoxy) is 1. The zero-order valence-electron chi connectivity index (χ0n) is 18.1. The normalized spacial score (nSPS) is 14.2. The molecule has 7 heteroatoms. The summed E-state index contributed by atoms with van der Waals surface area (Å²) >= 11 is 12.1. The number of amides is 1. The second-order valence-electron chi connectivity index (χ2n) is 8.58. The van der Waals surface area contributed by atoms with Crippen molar-refractivity contribution in [3.8, 4) is 5.75 Å². The van der Waals surface area contributed by atoms with Gasteiger partial charge in [0.05, 0.1) is 0 Å². The van der Waals surface area contributed by atoms with Crippen LogP contribution in [0.3, 0.4) is 0 Å². The number of aromatic nitrogens is 1. The first-order chi connectivity index (χ1) is 15.3. The van der Waals surface area contributed by atoms with Crippen LogP contribution in [-0.4, -0.2) is 24.2 Å². The summed E-state index contributed by atoms with van der Waals surface area (Å²) in [5.74, 6) is 0.532. The van der Waals surface area contributed by atoms with Gasteiger partial charge in [-0.2, -0.15) is 0 Å². The van der Waals surface area contributed by atoms with E-state index < -0.39 is 6.09 Å². The van der Waals surface area contributed by atoms with Gasteiger partial charge in [-0.25, -0.2) is 4.79 Å². The Morgan fingerprint density at radius 3 is 2.66 bits per heavy atom. The molecule has 0 saturated carbocycles. The maximum absolute atomic E-state index is 12.3. The Morgan fingerprint density at radius 1 is 1.12 bits per heavy atom. The van der Waals surface area contributed by atoms with Crippen molar-refractivity contribution in [2.45, 2.75) is 32.2 Å². The van der Waals surface area contributed by atoms with Crippen LogP contribution in [-0.2, 0) is 18.4 Å². The van der Waals surface area contributed by atoms with Gasteiger partial charge in [-0.05, 0) is 65.6 Å². The predicted octanol–water partition coefficient (Wildman–Crippen LogP) is 6.02. The van der Waals surface area contributed by atoms with E-state index >= 15 is 0 Å². The Hall–Kier alpha value is -2.76. The molecule has 0 radical (unpaired) electrons. The lowest BCUT2D eigenvalue weighted by Crippen LogP contribution is -2.29. The highest BCUT2D eigenvalue weighted by Gasteiger charge is 2.35. The Labute approximate surface area is 198 Å². The van der Waals surface area contributed by atoms with E-state index in [1.54, 1.807) is 12.1 Å². The summed E-state index contributed by atoms with van der Waals surface area (Å²) in [6, 6.07) is 15.2. The van der Waals surface area contributed by atoms with Crippen molar-refractivity contribution in [1.82, 2.24) is 10.3 Å². The van der Waals surface area contributed by atoms with Crippen molar-refractivity contribution >= 4 is 35.0 Å². The van der Waals surface area contributed by atoms with Gasteiger partial charge < -0.3 is 15.0 Å². The van der Waals surface area contributed by atoms with Gasteiger partial charge in [0.15, 0.2) is 0 Å². The van der Waals surface area contributed by atoms with Crippen molar-refractivity contribution in [2.75, 3.05) is 18.0 Å². The van der Waals surface area contributed by atoms with Gasteiger partial charge in [0.25, 0.3) is 0 Å². The molecule has 4 rings (SSSR count). The van der Waals surface area contributed by atoms with Crippen molar-refractivity contribution < 1.29 is 9.53 Å². The van der Waals surface area contributed by atoms with Crippen LogP contribution in [0.2, 0.25) is 10.0 Å². The fourth-order valence-electron chi connectivity index (χ4n) is 4.06. The topological polar surface area (TPSA) is 54.5 Å². The van der Waals surface area contributed by atoms with Crippen LogP contribution >= 0.6 is 23.2 Å². The van der Waals surface area contributed by atoms with E-state index in [1.165, 1.54) is 11.1 Å². The third kappa shape index (κ3) is 5.17. The molecule has 1 amide bonds. The number of rotatable bonds is 6. The van der Waals surface area contributed by atoms with E-state index in [1.807, 2.05) is 48.8 Å². The zero-order valence-corrected chi connectivity index (χ0v) is 19.6. The molecule has 166 valence electrons. The molecular formula is C25H25Cl2N3O2. The van der Waals surface area contributed by atoms with Crippen molar-refractivity contribution in [2.24, 2.45) is 0 Å². The number of nitrogens with zero attached hydrogens (tertiary/aromatic N) is 2. The van der Waals surface area contributed by atoms with Crippen LogP contribution in [0.25, 0.3) is 0 Å². The van der Waals surface area contributed by atoms with Gasteiger partial charge >= 0.3 is 6.09 Å². The van der Waals surface area contributed by atoms with Gasteiger partial charge in [-0.15, -0.1) is 0 Å². The Bertz CT molecular complexity index is 1120. The Balaban J connectivity index is 1.38. The number of fused-ring (bicyclic) bond motifs is 1. The summed E-state index contributed by atoms with van der Waals surface area (Å²) in [4.78, 5) is 18.7. The van der Waals surface area contributed by atoms with E-state index in [0.29, 0.717) is 28.8 Å². The number of anilines is 1. The fraction of sp³-hybridized carbons (Fsp3) is 0.280. The number of pyridine rings is 1. The summed E-state index contributed by atoms with van der Waals surface area (Å²) in [6.45, 7) is 6.53. The third-order valence-corrected chi connectivity index (χ3v) is 6.22. The van der Waals surface area contributed by atoms with Gasteiger partial charge in [-0.3, -0.25) is 4.98 Å². The number of benzene rings is 2. The quantitative estimate of drug-likeness (QED) is 0.479. The number of carbonyl (C=O) groups is 1. The molecule has 0 aliphatic carbocycles. The first kappa shape index (κ1) is 22.4. The van der Waals surface area contributed by atoms with Crippen LogP contribution in [0.1, 0.15) is 30.5 Å². The minimum Gasteiger partial charge on any atom is -0.410 e. The minimum atomic E-state index is -0.487. The van der Waals surface area contributed by atoms with Gasteiger partial charge in [-0.1, -0.05) is 43.1 Å². The monoisotopic (exact) mass is 469 g/mol. The molecule has 2 aromatic carbocycles. The fourth-order valence-corrected chi connectivity index (χ4v) is 4.56. The minimum absolute atomic E-state index is 0.0520. The summed E-state index contributed by atoms with van der Waals surface area (Å²) in [7, 11) is 0.